The number of rotatable bonds is 5. The van der Waals surface area contributed by atoms with E-state index in [2.05, 4.69) is 0 Å². The molecule has 0 fully saturated rings. The summed E-state index contributed by atoms with van der Waals surface area (Å²) >= 11 is 0. The molecule has 4 aromatic carbocycles. The number of hydrogen-bond donors (Lipinski definition) is 3. The Bertz CT molecular complexity index is 1350. The van der Waals surface area contributed by atoms with Crippen LogP contribution in [0.1, 0.15) is 33.4 Å². The first-order valence-electron chi connectivity index (χ1n) is 11.6. The zero-order valence-corrected chi connectivity index (χ0v) is 21.0. The lowest BCUT2D eigenvalue weighted by Gasteiger charge is -2.30. The summed E-state index contributed by atoms with van der Waals surface area (Å²) < 4.78 is 6.03. The van der Waals surface area contributed by atoms with Crippen molar-refractivity contribution < 1.29 is 20.1 Å². The molecular weight excluding hydrogens is 438 g/mol. The molecule has 0 heterocycles. The minimum absolute atomic E-state index is 0.119. The van der Waals surface area contributed by atoms with Crippen LogP contribution in [0.15, 0.2) is 60.7 Å². The molecule has 4 rings (SSSR count). The van der Waals surface area contributed by atoms with E-state index in [4.69, 9.17) is 4.74 Å². The quantitative estimate of drug-likeness (QED) is 0.277. The van der Waals surface area contributed by atoms with Gasteiger partial charge in [0.15, 0.2) is 11.5 Å². The molecule has 0 bridgehead atoms. The Morgan fingerprint density at radius 3 is 1.51 bits per heavy atom. The normalized spacial score (nSPS) is 10.9. The van der Waals surface area contributed by atoms with Crippen LogP contribution in [0.5, 0.6) is 28.7 Å². The molecular formula is C30H31NO4. The zero-order valence-electron chi connectivity index (χ0n) is 21.0. The second kappa shape index (κ2) is 9.26. The molecule has 5 nitrogen and oxygen atoms in total. The largest absolute Gasteiger partial charge is 0.506 e. The Hall–Kier alpha value is -4.12. The summed E-state index contributed by atoms with van der Waals surface area (Å²) in [4.78, 5) is 1.88. The van der Waals surface area contributed by atoms with E-state index in [-0.39, 0.29) is 17.2 Å². The fraction of sp³-hybridized carbons (Fsp3) is 0.200. The molecule has 0 radical (unpaired) electrons. The molecule has 0 spiro atoms. The Balaban J connectivity index is 1.86. The highest BCUT2D eigenvalue weighted by Gasteiger charge is 2.24. The average molecular weight is 470 g/mol. The molecule has 0 saturated heterocycles. The second-order valence-electron chi connectivity index (χ2n) is 9.06. The van der Waals surface area contributed by atoms with E-state index in [9.17, 15) is 15.3 Å². The van der Waals surface area contributed by atoms with Gasteiger partial charge >= 0.3 is 0 Å². The fourth-order valence-electron chi connectivity index (χ4n) is 4.19. The van der Waals surface area contributed by atoms with Crippen molar-refractivity contribution in [2.75, 3.05) is 4.90 Å². The van der Waals surface area contributed by atoms with Gasteiger partial charge in [0.05, 0.1) is 11.4 Å². The van der Waals surface area contributed by atoms with Crippen molar-refractivity contribution in [1.29, 1.82) is 0 Å². The van der Waals surface area contributed by atoms with Gasteiger partial charge in [0, 0.05) is 5.69 Å². The van der Waals surface area contributed by atoms with E-state index in [0.29, 0.717) is 22.9 Å². The smallest absolute Gasteiger partial charge is 0.172 e. The summed E-state index contributed by atoms with van der Waals surface area (Å²) in [5.74, 6) is 1.35. The first-order valence-corrected chi connectivity index (χ1v) is 11.6. The van der Waals surface area contributed by atoms with Crippen molar-refractivity contribution in [1.82, 2.24) is 0 Å². The lowest BCUT2D eigenvalue weighted by Crippen LogP contribution is -2.14. The van der Waals surface area contributed by atoms with Gasteiger partial charge in [-0.05, 0) is 111 Å². The Morgan fingerprint density at radius 1 is 0.543 bits per heavy atom. The zero-order chi connectivity index (χ0) is 25.4. The van der Waals surface area contributed by atoms with Gasteiger partial charge in [-0.3, -0.25) is 0 Å². The van der Waals surface area contributed by atoms with Crippen molar-refractivity contribution >= 4 is 17.1 Å². The topological polar surface area (TPSA) is 73.2 Å². The summed E-state index contributed by atoms with van der Waals surface area (Å²) in [5, 5.41) is 32.3. The van der Waals surface area contributed by atoms with Crippen LogP contribution in [-0.2, 0) is 0 Å². The molecule has 35 heavy (non-hydrogen) atoms. The minimum atomic E-state index is 0.119. The second-order valence-corrected chi connectivity index (χ2v) is 9.06. The van der Waals surface area contributed by atoms with E-state index >= 15 is 0 Å². The molecule has 0 aromatic heterocycles. The monoisotopic (exact) mass is 469 g/mol. The highest BCUT2D eigenvalue weighted by Crippen LogP contribution is 2.48. The molecule has 180 valence electrons. The van der Waals surface area contributed by atoms with Crippen LogP contribution >= 0.6 is 0 Å². The third-order valence-corrected chi connectivity index (χ3v) is 6.65. The first-order chi connectivity index (χ1) is 16.6. The predicted octanol–water partition coefficient (Wildman–Crippen LogP) is 7.92. The van der Waals surface area contributed by atoms with Gasteiger partial charge < -0.3 is 25.0 Å². The summed E-state index contributed by atoms with van der Waals surface area (Å²) in [5.41, 5.74) is 7.40. The predicted molar refractivity (Wildman–Crippen MR) is 141 cm³/mol. The van der Waals surface area contributed by atoms with Gasteiger partial charge in [0.2, 0.25) is 0 Å². The van der Waals surface area contributed by atoms with Crippen LogP contribution in [0.4, 0.5) is 17.1 Å². The lowest BCUT2D eigenvalue weighted by molar-refractivity contribution is 0.406. The highest BCUT2D eigenvalue weighted by molar-refractivity contribution is 5.87. The molecule has 0 saturated carbocycles. The van der Waals surface area contributed by atoms with E-state index < -0.39 is 0 Å². The number of aromatic hydroxyl groups is 3. The van der Waals surface area contributed by atoms with E-state index in [1.165, 1.54) is 0 Å². The van der Waals surface area contributed by atoms with E-state index in [1.54, 1.807) is 12.1 Å². The first kappa shape index (κ1) is 24.0. The highest BCUT2D eigenvalue weighted by atomic mass is 16.5. The molecule has 4 aromatic rings. The van der Waals surface area contributed by atoms with Gasteiger partial charge in [0.25, 0.3) is 0 Å². The van der Waals surface area contributed by atoms with Crippen LogP contribution in [0.2, 0.25) is 0 Å². The average Bonchev–Trinajstić information content (AvgIpc) is 2.84. The Morgan fingerprint density at radius 2 is 1.00 bits per heavy atom. The van der Waals surface area contributed by atoms with Crippen molar-refractivity contribution in [3.8, 4) is 28.7 Å². The third kappa shape index (κ3) is 4.37. The molecule has 0 unspecified atom stereocenters. The number of phenolic OH excluding ortho intramolecular Hbond substituents is 3. The summed E-state index contributed by atoms with van der Waals surface area (Å²) in [6.07, 6.45) is 0. The molecule has 0 amide bonds. The van der Waals surface area contributed by atoms with Crippen LogP contribution in [-0.4, -0.2) is 15.3 Å². The number of aryl methyl sites for hydroxylation is 4. The summed E-state index contributed by atoms with van der Waals surface area (Å²) in [7, 11) is 0. The maximum Gasteiger partial charge on any atom is 0.172 e. The maximum absolute atomic E-state index is 10.9. The van der Waals surface area contributed by atoms with E-state index in [0.717, 1.165) is 39.1 Å². The molecule has 0 aliphatic rings. The maximum atomic E-state index is 10.9. The van der Waals surface area contributed by atoms with Crippen molar-refractivity contribution in [2.24, 2.45) is 0 Å². The number of ether oxygens (including phenoxy) is 1. The van der Waals surface area contributed by atoms with Gasteiger partial charge in [-0.25, -0.2) is 0 Å². The third-order valence-electron chi connectivity index (χ3n) is 6.65. The van der Waals surface area contributed by atoms with Gasteiger partial charge in [-0.2, -0.15) is 0 Å². The molecule has 5 heteroatoms. The lowest BCUT2D eigenvalue weighted by atomic mass is 10.0. The summed E-state index contributed by atoms with van der Waals surface area (Å²) in [6.45, 7) is 11.6. The number of nitrogens with zero attached hydrogens (tertiary/aromatic N) is 1. The van der Waals surface area contributed by atoms with Crippen LogP contribution in [0.25, 0.3) is 0 Å². The SMILES string of the molecule is Cc1ccc(O)c(N(c2ccc(Oc3c(C)ccc(C)c3O)cc2)c2c(O)ccc(C)c2C)c1C. The Kier molecular flexibility index (Phi) is 6.35. The van der Waals surface area contributed by atoms with Gasteiger partial charge in [-0.1, -0.05) is 24.3 Å². The van der Waals surface area contributed by atoms with Crippen LogP contribution < -0.4 is 9.64 Å². The van der Waals surface area contributed by atoms with Gasteiger partial charge in [-0.15, -0.1) is 0 Å². The Labute approximate surface area is 206 Å². The molecule has 0 aliphatic carbocycles. The van der Waals surface area contributed by atoms with Crippen molar-refractivity contribution in [2.45, 2.75) is 41.5 Å². The number of benzene rings is 4. The van der Waals surface area contributed by atoms with Gasteiger partial charge in [0.1, 0.15) is 17.2 Å². The van der Waals surface area contributed by atoms with Crippen LogP contribution in [0, 0.1) is 41.5 Å². The molecule has 0 aliphatic heterocycles. The number of hydrogen-bond acceptors (Lipinski definition) is 5. The van der Waals surface area contributed by atoms with Crippen molar-refractivity contribution in [3.63, 3.8) is 0 Å². The number of anilines is 3. The van der Waals surface area contributed by atoms with E-state index in [1.807, 2.05) is 95.0 Å². The fourth-order valence-corrected chi connectivity index (χ4v) is 4.19. The summed E-state index contributed by atoms with van der Waals surface area (Å²) in [6, 6.07) is 18.2. The van der Waals surface area contributed by atoms with Crippen LogP contribution in [0.3, 0.4) is 0 Å². The molecule has 3 N–H and O–H groups in total. The minimum Gasteiger partial charge on any atom is -0.506 e. The molecule has 0 atom stereocenters. The standard InChI is InChI=1S/C30H31NO4/c1-17-9-15-25(32)27(21(17)5)31(28-22(6)18(2)10-16-26(28)33)23-11-13-24(14-12-23)35-30-20(4)8-7-19(3)29(30)34/h7-16,32-34H,1-6H3. The van der Waals surface area contributed by atoms with Crippen molar-refractivity contribution in [3.05, 3.63) is 94.0 Å². The number of phenols is 3.